The van der Waals surface area contributed by atoms with Crippen LogP contribution in [0, 0.1) is 0 Å². The summed E-state index contributed by atoms with van der Waals surface area (Å²) in [4.78, 5) is 11.5. The molecule has 5 nitrogen and oxygen atoms in total. The number of imidazole rings is 1. The lowest BCUT2D eigenvalue weighted by atomic mass is 10.0. The summed E-state index contributed by atoms with van der Waals surface area (Å²) in [6.07, 6.45) is 7.07. The van der Waals surface area contributed by atoms with Crippen LogP contribution in [0.1, 0.15) is 12.0 Å². The highest BCUT2D eigenvalue weighted by molar-refractivity contribution is 5.73. The summed E-state index contributed by atoms with van der Waals surface area (Å²) in [6, 6.07) is 27.5. The van der Waals surface area contributed by atoms with Crippen LogP contribution in [-0.4, -0.2) is 46.5 Å². The highest BCUT2D eigenvalue weighted by Gasteiger charge is 2.10. The third-order valence-corrected chi connectivity index (χ3v) is 6.19. The molecule has 0 fully saturated rings. The first-order valence-electron chi connectivity index (χ1n) is 12.1. The van der Waals surface area contributed by atoms with E-state index >= 15 is 0 Å². The molecule has 3 aromatic heterocycles. The van der Waals surface area contributed by atoms with Crippen molar-refractivity contribution < 1.29 is 0 Å². The summed E-state index contributed by atoms with van der Waals surface area (Å²) in [5.74, 6) is 0. The topological polar surface area (TPSA) is 45.5 Å². The van der Waals surface area contributed by atoms with Crippen molar-refractivity contribution in [3.63, 3.8) is 0 Å². The lowest BCUT2D eigenvalue weighted by Crippen LogP contribution is -2.20. The molecule has 0 saturated heterocycles. The number of fused-ring (bicyclic) bond motifs is 1. The minimum Gasteiger partial charge on any atom is -0.313 e. The predicted molar refractivity (Wildman–Crippen MR) is 144 cm³/mol. The average molecular weight is 462 g/mol. The number of nitrogens with one attached hydrogen (secondary N) is 1. The van der Waals surface area contributed by atoms with Crippen LogP contribution < -0.4 is 5.32 Å². The van der Waals surface area contributed by atoms with Gasteiger partial charge in [-0.15, -0.1) is 0 Å². The average Bonchev–Trinajstić information content (AvgIpc) is 3.32. The van der Waals surface area contributed by atoms with Gasteiger partial charge in [0.05, 0.1) is 17.6 Å². The van der Waals surface area contributed by atoms with Gasteiger partial charge in [0.25, 0.3) is 0 Å². The van der Waals surface area contributed by atoms with Crippen LogP contribution in [0.25, 0.3) is 39.3 Å². The fourth-order valence-electron chi connectivity index (χ4n) is 4.34. The van der Waals surface area contributed by atoms with Gasteiger partial charge in [0, 0.05) is 30.1 Å². The highest BCUT2D eigenvalue weighted by atomic mass is 15.1. The molecule has 3 heterocycles. The van der Waals surface area contributed by atoms with Crippen molar-refractivity contribution in [2.24, 2.45) is 0 Å². The van der Waals surface area contributed by atoms with E-state index in [0.29, 0.717) is 0 Å². The molecular weight excluding hydrogens is 430 g/mol. The first-order valence-corrected chi connectivity index (χ1v) is 12.1. The fraction of sp³-hybridized carbons (Fsp3) is 0.200. The van der Waals surface area contributed by atoms with Crippen LogP contribution in [-0.2, 0) is 6.54 Å². The Morgan fingerprint density at radius 2 is 1.63 bits per heavy atom. The van der Waals surface area contributed by atoms with Gasteiger partial charge in [-0.3, -0.25) is 9.38 Å². The van der Waals surface area contributed by atoms with Crippen molar-refractivity contribution >= 4 is 5.65 Å². The second-order valence-electron chi connectivity index (χ2n) is 9.12. The molecule has 1 N–H and O–H groups in total. The van der Waals surface area contributed by atoms with E-state index in [9.17, 15) is 0 Å². The minimum absolute atomic E-state index is 0.878. The van der Waals surface area contributed by atoms with Gasteiger partial charge in [0.2, 0.25) is 0 Å². The Morgan fingerprint density at radius 1 is 0.800 bits per heavy atom. The molecule has 0 aliphatic heterocycles. The molecule has 0 aliphatic carbocycles. The molecule has 0 aliphatic rings. The van der Waals surface area contributed by atoms with Gasteiger partial charge < -0.3 is 10.2 Å². The largest absolute Gasteiger partial charge is 0.313 e. The Kier molecular flexibility index (Phi) is 6.98. The van der Waals surface area contributed by atoms with Gasteiger partial charge >= 0.3 is 0 Å². The van der Waals surface area contributed by atoms with Crippen LogP contribution in [0.5, 0.6) is 0 Å². The summed E-state index contributed by atoms with van der Waals surface area (Å²) in [5, 5.41) is 3.55. The number of nitrogens with zero attached hydrogens (tertiary/aromatic N) is 4. The third kappa shape index (κ3) is 5.48. The van der Waals surface area contributed by atoms with E-state index < -0.39 is 0 Å². The Bertz CT molecular complexity index is 1410. The molecule has 35 heavy (non-hydrogen) atoms. The van der Waals surface area contributed by atoms with Gasteiger partial charge in [-0.1, -0.05) is 48.5 Å². The van der Waals surface area contributed by atoms with E-state index in [4.69, 9.17) is 4.98 Å². The lowest BCUT2D eigenvalue weighted by Gasteiger charge is -2.11. The quantitative estimate of drug-likeness (QED) is 0.283. The van der Waals surface area contributed by atoms with E-state index in [1.165, 1.54) is 16.7 Å². The molecule has 176 valence electrons. The van der Waals surface area contributed by atoms with E-state index in [2.05, 4.69) is 94.5 Å². The zero-order valence-electron chi connectivity index (χ0n) is 20.4. The fourth-order valence-corrected chi connectivity index (χ4v) is 4.34. The van der Waals surface area contributed by atoms with E-state index in [1.54, 1.807) is 0 Å². The molecule has 0 saturated carbocycles. The van der Waals surface area contributed by atoms with Gasteiger partial charge in [0.1, 0.15) is 5.65 Å². The number of pyridine rings is 2. The Labute approximate surface area is 207 Å². The van der Waals surface area contributed by atoms with E-state index in [-0.39, 0.29) is 0 Å². The maximum atomic E-state index is 4.72. The lowest BCUT2D eigenvalue weighted by molar-refractivity contribution is 0.394. The smallest absolute Gasteiger partial charge is 0.137 e. The predicted octanol–water partition coefficient (Wildman–Crippen LogP) is 5.77. The third-order valence-electron chi connectivity index (χ3n) is 6.19. The summed E-state index contributed by atoms with van der Waals surface area (Å²) < 4.78 is 2.14. The van der Waals surface area contributed by atoms with Crippen molar-refractivity contribution in [3.8, 4) is 33.6 Å². The number of benzene rings is 2. The van der Waals surface area contributed by atoms with Crippen LogP contribution in [0.3, 0.4) is 0 Å². The molecule has 2 aromatic carbocycles. The van der Waals surface area contributed by atoms with Gasteiger partial charge in [-0.05, 0) is 80.6 Å². The summed E-state index contributed by atoms with van der Waals surface area (Å²) in [5.41, 5.74) is 8.83. The normalized spacial score (nSPS) is 11.4. The number of rotatable bonds is 9. The van der Waals surface area contributed by atoms with Crippen LogP contribution in [0.15, 0.2) is 97.5 Å². The second kappa shape index (κ2) is 10.6. The van der Waals surface area contributed by atoms with Gasteiger partial charge in [0.15, 0.2) is 0 Å². The first-order chi connectivity index (χ1) is 17.2. The number of hydrogen-bond acceptors (Lipinski definition) is 4. The summed E-state index contributed by atoms with van der Waals surface area (Å²) in [7, 11) is 4.23. The Hall–Kier alpha value is -3.80. The molecule has 0 atom stereocenters. The highest BCUT2D eigenvalue weighted by Crippen LogP contribution is 2.28. The molecule has 0 amide bonds. The van der Waals surface area contributed by atoms with Crippen LogP contribution in [0.2, 0.25) is 0 Å². The van der Waals surface area contributed by atoms with Crippen molar-refractivity contribution in [3.05, 3.63) is 103 Å². The second-order valence-corrected chi connectivity index (χ2v) is 9.12. The monoisotopic (exact) mass is 461 g/mol. The maximum absolute atomic E-state index is 4.72. The molecule has 0 spiro atoms. The molecule has 0 radical (unpaired) electrons. The summed E-state index contributed by atoms with van der Waals surface area (Å²) in [6.45, 7) is 3.00. The van der Waals surface area contributed by atoms with E-state index in [1.807, 2.05) is 36.7 Å². The molecule has 5 rings (SSSR count). The van der Waals surface area contributed by atoms with Crippen LogP contribution in [0.4, 0.5) is 0 Å². The van der Waals surface area contributed by atoms with Gasteiger partial charge in [-0.2, -0.15) is 0 Å². The van der Waals surface area contributed by atoms with Crippen molar-refractivity contribution in [2.45, 2.75) is 13.0 Å². The summed E-state index contributed by atoms with van der Waals surface area (Å²) >= 11 is 0. The SMILES string of the molecule is CN(C)CCCNCc1cccc(-c2ccn3c(-c4ccnc(-c5ccccc5)c4)cnc3c2)c1. The standard InChI is InChI=1S/C30H31N5/c1-34(2)16-7-14-31-21-23-8-6-11-25(18-23)26-13-17-35-29(22-33-30(35)20-26)27-12-15-32-28(19-27)24-9-4-3-5-10-24/h3-6,8-13,15,17-20,22,31H,7,14,16,21H2,1-2H3. The first kappa shape index (κ1) is 23.0. The molecular formula is C30H31N5. The van der Waals surface area contributed by atoms with Crippen molar-refractivity contribution in [1.29, 1.82) is 0 Å². The van der Waals surface area contributed by atoms with E-state index in [0.717, 1.165) is 54.2 Å². The van der Waals surface area contributed by atoms with Gasteiger partial charge in [-0.25, -0.2) is 4.98 Å². The minimum atomic E-state index is 0.878. The number of hydrogen-bond donors (Lipinski definition) is 1. The van der Waals surface area contributed by atoms with Crippen LogP contribution >= 0.6 is 0 Å². The molecule has 0 bridgehead atoms. The number of aromatic nitrogens is 3. The Morgan fingerprint density at radius 3 is 2.49 bits per heavy atom. The maximum Gasteiger partial charge on any atom is 0.137 e. The zero-order valence-corrected chi connectivity index (χ0v) is 20.4. The zero-order chi connectivity index (χ0) is 24.0. The van der Waals surface area contributed by atoms with Crippen molar-refractivity contribution in [2.75, 3.05) is 27.2 Å². The Balaban J connectivity index is 1.35. The molecule has 5 aromatic rings. The van der Waals surface area contributed by atoms with Crippen molar-refractivity contribution in [1.82, 2.24) is 24.6 Å². The molecule has 0 unspecified atom stereocenters. The molecule has 5 heteroatoms.